The van der Waals surface area contributed by atoms with Crippen LogP contribution in [0.2, 0.25) is 0 Å². The predicted molar refractivity (Wildman–Crippen MR) is 85.8 cm³/mol. The maximum atomic E-state index is 5.78. The third-order valence-electron chi connectivity index (χ3n) is 3.27. The van der Waals surface area contributed by atoms with Crippen LogP contribution in [0.1, 0.15) is 19.1 Å². The molecule has 0 fully saturated rings. The quantitative estimate of drug-likeness (QED) is 0.702. The van der Waals surface area contributed by atoms with E-state index in [1.165, 1.54) is 0 Å². The summed E-state index contributed by atoms with van der Waals surface area (Å²) in [7, 11) is 0. The summed E-state index contributed by atoms with van der Waals surface area (Å²) in [6.45, 7) is 3.53. The minimum Gasteiger partial charge on any atom is -0.494 e. The molecule has 0 saturated carbocycles. The molecule has 0 aliphatic rings. The Morgan fingerprint density at radius 1 is 1.05 bits per heavy atom. The van der Waals surface area contributed by atoms with Crippen LogP contribution in [0.25, 0.3) is 11.0 Å². The van der Waals surface area contributed by atoms with Crippen molar-refractivity contribution < 1.29 is 9.15 Å². The van der Waals surface area contributed by atoms with Gasteiger partial charge in [0, 0.05) is 11.1 Å². The molecule has 0 amide bonds. The number of para-hydroxylation sites is 1. The van der Waals surface area contributed by atoms with Crippen molar-refractivity contribution in [2.45, 2.75) is 19.9 Å². The van der Waals surface area contributed by atoms with Crippen molar-refractivity contribution in [3.63, 3.8) is 0 Å². The molecule has 0 bridgehead atoms. The van der Waals surface area contributed by atoms with Gasteiger partial charge in [0.15, 0.2) is 0 Å². The molecule has 21 heavy (non-hydrogen) atoms. The molecule has 3 aromatic rings. The highest BCUT2D eigenvalue weighted by Gasteiger charge is 2.02. The number of hydrogen-bond donors (Lipinski definition) is 1. The molecule has 0 atom stereocenters. The van der Waals surface area contributed by atoms with Gasteiger partial charge in [-0.15, -0.1) is 0 Å². The maximum Gasteiger partial charge on any atom is 0.134 e. The highest BCUT2D eigenvalue weighted by atomic mass is 16.5. The molecule has 1 N–H and O–H groups in total. The normalized spacial score (nSPS) is 10.7. The fourth-order valence-corrected chi connectivity index (χ4v) is 2.20. The second kappa shape index (κ2) is 6.35. The zero-order chi connectivity index (χ0) is 14.5. The summed E-state index contributed by atoms with van der Waals surface area (Å²) in [5, 5.41) is 4.49. The van der Waals surface area contributed by atoms with Crippen LogP contribution in [-0.4, -0.2) is 6.61 Å². The van der Waals surface area contributed by atoms with Crippen molar-refractivity contribution in [3.8, 4) is 5.75 Å². The van der Waals surface area contributed by atoms with Crippen LogP contribution in [-0.2, 0) is 6.54 Å². The van der Waals surface area contributed by atoms with Crippen molar-refractivity contribution in [2.75, 3.05) is 11.9 Å². The molecule has 0 aliphatic carbocycles. The molecule has 2 aromatic carbocycles. The van der Waals surface area contributed by atoms with E-state index in [1.807, 2.05) is 42.5 Å². The van der Waals surface area contributed by atoms with E-state index in [4.69, 9.17) is 9.15 Å². The van der Waals surface area contributed by atoms with Crippen LogP contribution in [0, 0.1) is 0 Å². The Kier molecular flexibility index (Phi) is 4.10. The molecule has 0 saturated heterocycles. The van der Waals surface area contributed by atoms with Crippen molar-refractivity contribution >= 4 is 16.7 Å². The van der Waals surface area contributed by atoms with Gasteiger partial charge < -0.3 is 14.5 Å². The van der Waals surface area contributed by atoms with Gasteiger partial charge in [-0.05, 0) is 42.8 Å². The highest BCUT2D eigenvalue weighted by Crippen LogP contribution is 2.21. The first-order valence-corrected chi connectivity index (χ1v) is 7.29. The molecule has 0 aliphatic heterocycles. The summed E-state index contributed by atoms with van der Waals surface area (Å²) < 4.78 is 11.3. The second-order valence-electron chi connectivity index (χ2n) is 4.98. The summed E-state index contributed by atoms with van der Waals surface area (Å²) in [6, 6.07) is 18.1. The van der Waals surface area contributed by atoms with E-state index < -0.39 is 0 Å². The topological polar surface area (TPSA) is 34.4 Å². The van der Waals surface area contributed by atoms with Gasteiger partial charge in [-0.25, -0.2) is 0 Å². The minimum atomic E-state index is 0.670. The van der Waals surface area contributed by atoms with Crippen molar-refractivity contribution in [3.05, 3.63) is 60.4 Å². The van der Waals surface area contributed by atoms with E-state index in [9.17, 15) is 0 Å². The number of rotatable bonds is 6. The third-order valence-corrected chi connectivity index (χ3v) is 3.27. The number of anilines is 1. The molecule has 108 valence electrons. The lowest BCUT2D eigenvalue weighted by molar-refractivity contribution is 0.317. The Labute approximate surface area is 124 Å². The zero-order valence-electron chi connectivity index (χ0n) is 12.1. The average Bonchev–Trinajstić information content (AvgIpc) is 2.95. The molecule has 3 rings (SSSR count). The Hall–Kier alpha value is -2.42. The number of ether oxygens (including phenoxy) is 1. The van der Waals surface area contributed by atoms with Crippen LogP contribution in [0.3, 0.4) is 0 Å². The summed E-state index contributed by atoms with van der Waals surface area (Å²) in [5.74, 6) is 1.84. The SMILES string of the molecule is CCCOc1ccc(NCc2cc3ccccc3o2)cc1. The van der Waals surface area contributed by atoms with Crippen molar-refractivity contribution in [2.24, 2.45) is 0 Å². The van der Waals surface area contributed by atoms with Crippen molar-refractivity contribution in [1.82, 2.24) is 0 Å². The maximum absolute atomic E-state index is 5.78. The first-order chi connectivity index (χ1) is 10.3. The van der Waals surface area contributed by atoms with Gasteiger partial charge in [0.2, 0.25) is 0 Å². The van der Waals surface area contributed by atoms with Gasteiger partial charge in [-0.1, -0.05) is 25.1 Å². The van der Waals surface area contributed by atoms with Gasteiger partial charge >= 0.3 is 0 Å². The minimum absolute atomic E-state index is 0.670. The van der Waals surface area contributed by atoms with Gasteiger partial charge in [0.05, 0.1) is 13.2 Å². The van der Waals surface area contributed by atoms with Gasteiger partial charge in [-0.2, -0.15) is 0 Å². The van der Waals surface area contributed by atoms with Crippen LogP contribution >= 0.6 is 0 Å². The van der Waals surface area contributed by atoms with Gasteiger partial charge in [-0.3, -0.25) is 0 Å². The van der Waals surface area contributed by atoms with E-state index in [0.717, 1.165) is 41.2 Å². The van der Waals surface area contributed by atoms with Gasteiger partial charge in [0.25, 0.3) is 0 Å². The van der Waals surface area contributed by atoms with Crippen LogP contribution < -0.4 is 10.1 Å². The van der Waals surface area contributed by atoms with E-state index in [-0.39, 0.29) is 0 Å². The number of fused-ring (bicyclic) bond motifs is 1. The number of benzene rings is 2. The Morgan fingerprint density at radius 3 is 2.62 bits per heavy atom. The molecular weight excluding hydrogens is 262 g/mol. The monoisotopic (exact) mass is 281 g/mol. The molecule has 3 heteroatoms. The van der Waals surface area contributed by atoms with Crippen molar-refractivity contribution in [1.29, 1.82) is 0 Å². The lowest BCUT2D eigenvalue weighted by atomic mass is 10.2. The Bertz CT molecular complexity index is 668. The number of furan rings is 1. The van der Waals surface area contributed by atoms with Crippen LogP contribution in [0.15, 0.2) is 59.0 Å². The molecule has 0 spiro atoms. The molecular formula is C18H19NO2. The second-order valence-corrected chi connectivity index (χ2v) is 4.98. The molecule has 1 heterocycles. The standard InChI is InChI=1S/C18H19NO2/c1-2-11-20-16-9-7-15(8-10-16)19-13-17-12-14-5-3-4-6-18(14)21-17/h3-10,12,19H,2,11,13H2,1H3. The van der Waals surface area contributed by atoms with Crippen LogP contribution in [0.4, 0.5) is 5.69 Å². The van der Waals surface area contributed by atoms with Crippen LogP contribution in [0.5, 0.6) is 5.75 Å². The van der Waals surface area contributed by atoms with E-state index in [2.05, 4.69) is 24.4 Å². The lowest BCUT2D eigenvalue weighted by Crippen LogP contribution is -1.98. The van der Waals surface area contributed by atoms with E-state index in [1.54, 1.807) is 0 Å². The Morgan fingerprint density at radius 2 is 1.86 bits per heavy atom. The molecule has 0 unspecified atom stereocenters. The highest BCUT2D eigenvalue weighted by molar-refractivity contribution is 5.77. The fourth-order valence-electron chi connectivity index (χ4n) is 2.20. The first kappa shape index (κ1) is 13.6. The Balaban J connectivity index is 1.61. The molecule has 3 nitrogen and oxygen atoms in total. The fraction of sp³-hybridized carbons (Fsp3) is 0.222. The summed E-state index contributed by atoms with van der Waals surface area (Å²) in [6.07, 6.45) is 1.02. The largest absolute Gasteiger partial charge is 0.494 e. The third kappa shape index (κ3) is 3.37. The average molecular weight is 281 g/mol. The number of nitrogens with one attached hydrogen (secondary N) is 1. The summed E-state index contributed by atoms with van der Waals surface area (Å²) in [4.78, 5) is 0. The molecule has 0 radical (unpaired) electrons. The number of hydrogen-bond acceptors (Lipinski definition) is 3. The smallest absolute Gasteiger partial charge is 0.134 e. The zero-order valence-corrected chi connectivity index (χ0v) is 12.1. The van der Waals surface area contributed by atoms with E-state index in [0.29, 0.717) is 6.54 Å². The predicted octanol–water partition coefficient (Wildman–Crippen LogP) is 4.83. The van der Waals surface area contributed by atoms with Gasteiger partial charge in [0.1, 0.15) is 17.1 Å². The molecule has 1 aromatic heterocycles. The van der Waals surface area contributed by atoms with E-state index >= 15 is 0 Å². The lowest BCUT2D eigenvalue weighted by Gasteiger charge is -2.07. The summed E-state index contributed by atoms with van der Waals surface area (Å²) in [5.41, 5.74) is 1.98. The summed E-state index contributed by atoms with van der Waals surface area (Å²) >= 11 is 0. The first-order valence-electron chi connectivity index (χ1n) is 7.29.